The molecule has 0 amide bonds. The number of nitrogens with one attached hydrogen (secondary N) is 1. The van der Waals surface area contributed by atoms with Gasteiger partial charge in [-0.2, -0.15) is 0 Å². The summed E-state index contributed by atoms with van der Waals surface area (Å²) in [6, 6.07) is 8.85. The number of benzene rings is 1. The van der Waals surface area contributed by atoms with Gasteiger partial charge in [-0.25, -0.2) is 0 Å². The van der Waals surface area contributed by atoms with E-state index in [1.165, 1.54) is 12.1 Å². The maximum absolute atomic E-state index is 5.63. The molecule has 0 fully saturated rings. The van der Waals surface area contributed by atoms with Crippen LogP contribution in [0.1, 0.15) is 46.5 Å². The van der Waals surface area contributed by atoms with Crippen molar-refractivity contribution in [2.24, 2.45) is 0 Å². The summed E-state index contributed by atoms with van der Waals surface area (Å²) < 4.78 is 5.63. The predicted octanol–water partition coefficient (Wildman–Crippen LogP) is 4.47. The Morgan fingerprint density at radius 2 is 1.71 bits per heavy atom. The standard InChI is InChI=1S/C15H25NO/c1-4-7-12-17-15-10-8-14(9-11-15)16-13(5-2)6-3/h8-11,13,16H,4-7,12H2,1-3H3. The molecule has 0 radical (unpaired) electrons. The van der Waals surface area contributed by atoms with Crippen molar-refractivity contribution in [3.63, 3.8) is 0 Å². The SMILES string of the molecule is CCCCOc1ccc(NC(CC)CC)cc1. The monoisotopic (exact) mass is 235 g/mol. The number of ether oxygens (including phenoxy) is 1. The molecule has 96 valence electrons. The summed E-state index contributed by atoms with van der Waals surface area (Å²) in [6.07, 6.45) is 4.61. The van der Waals surface area contributed by atoms with Crippen LogP contribution < -0.4 is 10.1 Å². The molecule has 0 heterocycles. The minimum absolute atomic E-state index is 0.571. The molecule has 0 aliphatic carbocycles. The molecule has 0 unspecified atom stereocenters. The zero-order chi connectivity index (χ0) is 12.5. The molecule has 1 rings (SSSR count). The first kappa shape index (κ1) is 13.9. The zero-order valence-corrected chi connectivity index (χ0v) is 11.3. The van der Waals surface area contributed by atoms with Gasteiger partial charge in [0.25, 0.3) is 0 Å². The number of hydrogen-bond donors (Lipinski definition) is 1. The highest BCUT2D eigenvalue weighted by atomic mass is 16.5. The second-order valence-electron chi connectivity index (χ2n) is 4.38. The minimum Gasteiger partial charge on any atom is -0.494 e. The van der Waals surface area contributed by atoms with Gasteiger partial charge in [0, 0.05) is 11.7 Å². The van der Waals surface area contributed by atoms with Gasteiger partial charge in [-0.1, -0.05) is 27.2 Å². The normalized spacial score (nSPS) is 10.6. The fraction of sp³-hybridized carbons (Fsp3) is 0.600. The van der Waals surface area contributed by atoms with Gasteiger partial charge in [-0.3, -0.25) is 0 Å². The molecule has 1 aromatic rings. The lowest BCUT2D eigenvalue weighted by atomic mass is 10.1. The van der Waals surface area contributed by atoms with Gasteiger partial charge in [-0.15, -0.1) is 0 Å². The predicted molar refractivity (Wildman–Crippen MR) is 74.8 cm³/mol. The summed E-state index contributed by atoms with van der Waals surface area (Å²) in [6.45, 7) is 7.41. The van der Waals surface area contributed by atoms with Crippen LogP contribution in [0.2, 0.25) is 0 Å². The molecular weight excluding hydrogens is 210 g/mol. The van der Waals surface area contributed by atoms with Crippen molar-refractivity contribution < 1.29 is 4.74 Å². The maximum atomic E-state index is 5.63. The quantitative estimate of drug-likeness (QED) is 0.671. The molecule has 0 atom stereocenters. The summed E-state index contributed by atoms with van der Waals surface area (Å²) in [5.74, 6) is 0.966. The van der Waals surface area contributed by atoms with E-state index < -0.39 is 0 Å². The molecule has 0 aliphatic heterocycles. The van der Waals surface area contributed by atoms with Crippen molar-refractivity contribution in [3.05, 3.63) is 24.3 Å². The van der Waals surface area contributed by atoms with E-state index in [0.717, 1.165) is 31.6 Å². The second-order valence-corrected chi connectivity index (χ2v) is 4.38. The van der Waals surface area contributed by atoms with Crippen molar-refractivity contribution in [2.75, 3.05) is 11.9 Å². The summed E-state index contributed by atoms with van der Waals surface area (Å²) in [7, 11) is 0. The molecular formula is C15H25NO. The van der Waals surface area contributed by atoms with E-state index in [-0.39, 0.29) is 0 Å². The van der Waals surface area contributed by atoms with E-state index in [1.54, 1.807) is 0 Å². The van der Waals surface area contributed by atoms with Crippen LogP contribution in [0.3, 0.4) is 0 Å². The average molecular weight is 235 g/mol. The molecule has 0 spiro atoms. The first-order valence-corrected chi connectivity index (χ1v) is 6.79. The third kappa shape index (κ3) is 5.12. The van der Waals surface area contributed by atoms with Gasteiger partial charge in [-0.05, 0) is 43.5 Å². The van der Waals surface area contributed by atoms with E-state index in [2.05, 4.69) is 38.2 Å². The topological polar surface area (TPSA) is 21.3 Å². The lowest BCUT2D eigenvalue weighted by Crippen LogP contribution is -2.16. The summed E-state index contributed by atoms with van der Waals surface area (Å²) >= 11 is 0. The molecule has 2 heteroatoms. The number of anilines is 1. The Hall–Kier alpha value is -1.18. The number of rotatable bonds is 8. The summed E-state index contributed by atoms with van der Waals surface area (Å²) in [5, 5.41) is 3.52. The second kappa shape index (κ2) is 7.99. The Labute approximate surface area is 105 Å². The Morgan fingerprint density at radius 3 is 2.24 bits per heavy atom. The lowest BCUT2D eigenvalue weighted by Gasteiger charge is -2.16. The van der Waals surface area contributed by atoms with Crippen molar-refractivity contribution in [1.29, 1.82) is 0 Å². The van der Waals surface area contributed by atoms with Gasteiger partial charge in [0.1, 0.15) is 5.75 Å². The van der Waals surface area contributed by atoms with Crippen LogP contribution in [0.25, 0.3) is 0 Å². The van der Waals surface area contributed by atoms with Crippen molar-refractivity contribution in [3.8, 4) is 5.75 Å². The fourth-order valence-electron chi connectivity index (χ4n) is 1.71. The first-order chi connectivity index (χ1) is 8.30. The van der Waals surface area contributed by atoms with Crippen LogP contribution in [0.4, 0.5) is 5.69 Å². The van der Waals surface area contributed by atoms with Crippen LogP contribution in [0.15, 0.2) is 24.3 Å². The third-order valence-electron chi connectivity index (χ3n) is 2.98. The minimum atomic E-state index is 0.571. The Bertz CT molecular complexity index is 290. The fourth-order valence-corrected chi connectivity index (χ4v) is 1.71. The van der Waals surface area contributed by atoms with Crippen LogP contribution in [0.5, 0.6) is 5.75 Å². The van der Waals surface area contributed by atoms with E-state index in [0.29, 0.717) is 6.04 Å². The van der Waals surface area contributed by atoms with Crippen molar-refractivity contribution in [1.82, 2.24) is 0 Å². The van der Waals surface area contributed by atoms with Crippen LogP contribution >= 0.6 is 0 Å². The molecule has 1 N–H and O–H groups in total. The van der Waals surface area contributed by atoms with Crippen LogP contribution in [-0.2, 0) is 0 Å². The highest BCUT2D eigenvalue weighted by Crippen LogP contribution is 2.17. The molecule has 1 aromatic carbocycles. The Balaban J connectivity index is 2.44. The van der Waals surface area contributed by atoms with Gasteiger partial charge in [0.15, 0.2) is 0 Å². The Kier molecular flexibility index (Phi) is 6.53. The zero-order valence-electron chi connectivity index (χ0n) is 11.3. The highest BCUT2D eigenvalue weighted by molar-refractivity contribution is 5.47. The molecule has 0 saturated heterocycles. The van der Waals surface area contributed by atoms with Crippen LogP contribution in [-0.4, -0.2) is 12.6 Å². The van der Waals surface area contributed by atoms with E-state index in [4.69, 9.17) is 4.74 Å². The van der Waals surface area contributed by atoms with E-state index in [9.17, 15) is 0 Å². The van der Waals surface area contributed by atoms with Gasteiger partial charge in [0.2, 0.25) is 0 Å². The maximum Gasteiger partial charge on any atom is 0.119 e. The largest absolute Gasteiger partial charge is 0.494 e. The third-order valence-corrected chi connectivity index (χ3v) is 2.98. The van der Waals surface area contributed by atoms with Crippen molar-refractivity contribution in [2.45, 2.75) is 52.5 Å². The van der Waals surface area contributed by atoms with Crippen molar-refractivity contribution >= 4 is 5.69 Å². The lowest BCUT2D eigenvalue weighted by molar-refractivity contribution is 0.309. The summed E-state index contributed by atoms with van der Waals surface area (Å²) in [5.41, 5.74) is 1.18. The smallest absolute Gasteiger partial charge is 0.119 e. The highest BCUT2D eigenvalue weighted by Gasteiger charge is 2.02. The number of hydrogen-bond acceptors (Lipinski definition) is 2. The molecule has 0 bridgehead atoms. The van der Waals surface area contributed by atoms with E-state index in [1.807, 2.05) is 12.1 Å². The van der Waals surface area contributed by atoms with Gasteiger partial charge >= 0.3 is 0 Å². The molecule has 17 heavy (non-hydrogen) atoms. The first-order valence-electron chi connectivity index (χ1n) is 6.79. The molecule has 0 aliphatic rings. The Morgan fingerprint density at radius 1 is 1.06 bits per heavy atom. The van der Waals surface area contributed by atoms with Crippen LogP contribution in [0, 0.1) is 0 Å². The summed E-state index contributed by atoms with van der Waals surface area (Å²) in [4.78, 5) is 0. The molecule has 2 nitrogen and oxygen atoms in total. The van der Waals surface area contributed by atoms with E-state index >= 15 is 0 Å². The molecule has 0 aromatic heterocycles. The van der Waals surface area contributed by atoms with Gasteiger partial charge in [0.05, 0.1) is 6.61 Å². The average Bonchev–Trinajstić information content (AvgIpc) is 2.38. The number of unbranched alkanes of at least 4 members (excludes halogenated alkanes) is 1. The molecule has 0 saturated carbocycles. The van der Waals surface area contributed by atoms with Gasteiger partial charge < -0.3 is 10.1 Å².